The van der Waals surface area contributed by atoms with Crippen molar-refractivity contribution in [2.24, 2.45) is 0 Å². The van der Waals surface area contributed by atoms with E-state index in [1.54, 1.807) is 18.2 Å². The van der Waals surface area contributed by atoms with Crippen LogP contribution in [0.3, 0.4) is 0 Å². The minimum absolute atomic E-state index is 0.296. The van der Waals surface area contributed by atoms with E-state index in [1.165, 1.54) is 11.1 Å². The molecule has 0 aliphatic rings. The predicted octanol–water partition coefficient (Wildman–Crippen LogP) is 3.31. The van der Waals surface area contributed by atoms with E-state index in [9.17, 15) is 4.79 Å². The number of aromatic carboxylic acids is 1. The lowest BCUT2D eigenvalue weighted by molar-refractivity contribution is 0.0697. The van der Waals surface area contributed by atoms with E-state index in [-0.39, 0.29) is 0 Å². The number of nitrogens with one attached hydrogen (secondary N) is 1. The predicted molar refractivity (Wildman–Crippen MR) is 71.9 cm³/mol. The van der Waals surface area contributed by atoms with Crippen molar-refractivity contribution in [2.45, 2.75) is 13.5 Å². The third-order valence-corrected chi connectivity index (χ3v) is 2.69. The van der Waals surface area contributed by atoms with E-state index < -0.39 is 5.97 Å². The van der Waals surface area contributed by atoms with Gasteiger partial charge < -0.3 is 10.4 Å². The number of rotatable bonds is 4. The summed E-state index contributed by atoms with van der Waals surface area (Å²) >= 11 is 0. The van der Waals surface area contributed by atoms with Crippen LogP contribution in [-0.4, -0.2) is 11.1 Å². The molecule has 3 heteroatoms. The van der Waals surface area contributed by atoms with Crippen LogP contribution in [0.2, 0.25) is 0 Å². The molecule has 0 saturated carbocycles. The topological polar surface area (TPSA) is 49.3 Å². The first-order chi connectivity index (χ1) is 8.65. The van der Waals surface area contributed by atoms with Crippen LogP contribution in [0.1, 0.15) is 21.5 Å². The molecule has 18 heavy (non-hydrogen) atoms. The summed E-state index contributed by atoms with van der Waals surface area (Å²) in [7, 11) is 0. The fraction of sp³-hybridized carbons (Fsp3) is 0.133. The fourth-order valence-corrected chi connectivity index (χ4v) is 1.79. The number of anilines is 1. The summed E-state index contributed by atoms with van der Waals surface area (Å²) in [5.41, 5.74) is 3.50. The molecule has 0 atom stereocenters. The minimum Gasteiger partial charge on any atom is -0.478 e. The van der Waals surface area contributed by atoms with Gasteiger partial charge in [-0.1, -0.05) is 35.9 Å². The maximum Gasteiger partial charge on any atom is 0.335 e. The van der Waals surface area contributed by atoms with Crippen LogP contribution >= 0.6 is 0 Å². The molecule has 0 heterocycles. The second kappa shape index (κ2) is 5.36. The Bertz CT molecular complexity index is 564. The highest BCUT2D eigenvalue weighted by atomic mass is 16.4. The van der Waals surface area contributed by atoms with Gasteiger partial charge in [0.1, 0.15) is 0 Å². The normalized spacial score (nSPS) is 10.1. The molecule has 0 aliphatic heterocycles. The van der Waals surface area contributed by atoms with Gasteiger partial charge in [-0.25, -0.2) is 4.79 Å². The molecule has 0 radical (unpaired) electrons. The Kier molecular flexibility index (Phi) is 3.63. The Hall–Kier alpha value is -2.29. The number of benzene rings is 2. The molecule has 0 aromatic heterocycles. The largest absolute Gasteiger partial charge is 0.478 e. The second-order valence-corrected chi connectivity index (χ2v) is 4.23. The molecule has 92 valence electrons. The molecule has 0 amide bonds. The molecular weight excluding hydrogens is 226 g/mol. The van der Waals surface area contributed by atoms with Crippen LogP contribution in [-0.2, 0) is 6.54 Å². The zero-order valence-electron chi connectivity index (χ0n) is 10.2. The van der Waals surface area contributed by atoms with E-state index in [4.69, 9.17) is 5.11 Å². The van der Waals surface area contributed by atoms with E-state index >= 15 is 0 Å². The fourth-order valence-electron chi connectivity index (χ4n) is 1.79. The van der Waals surface area contributed by atoms with Crippen molar-refractivity contribution in [3.05, 3.63) is 65.2 Å². The first-order valence-corrected chi connectivity index (χ1v) is 5.78. The van der Waals surface area contributed by atoms with Crippen molar-refractivity contribution >= 4 is 11.7 Å². The standard InChI is InChI=1S/C15H15NO2/c1-11-4-2-5-12(8-11)10-16-14-7-3-6-13(9-14)15(17)18/h2-9,16H,10H2,1H3,(H,17,18). The third-order valence-electron chi connectivity index (χ3n) is 2.69. The van der Waals surface area contributed by atoms with Crippen molar-refractivity contribution in [3.63, 3.8) is 0 Å². The van der Waals surface area contributed by atoms with Crippen LogP contribution < -0.4 is 5.32 Å². The molecule has 2 aromatic carbocycles. The lowest BCUT2D eigenvalue weighted by atomic mass is 10.1. The zero-order valence-corrected chi connectivity index (χ0v) is 10.2. The smallest absolute Gasteiger partial charge is 0.335 e. The monoisotopic (exact) mass is 241 g/mol. The molecule has 0 fully saturated rings. The highest BCUT2D eigenvalue weighted by molar-refractivity contribution is 5.88. The van der Waals surface area contributed by atoms with Gasteiger partial charge in [0.05, 0.1) is 5.56 Å². The Morgan fingerprint density at radius 2 is 1.94 bits per heavy atom. The lowest BCUT2D eigenvalue weighted by Crippen LogP contribution is -2.02. The Morgan fingerprint density at radius 1 is 1.17 bits per heavy atom. The number of carbonyl (C=O) groups is 1. The SMILES string of the molecule is Cc1cccc(CNc2cccc(C(=O)O)c2)c1. The Balaban J connectivity index is 2.06. The Labute approximate surface area is 106 Å². The van der Waals surface area contributed by atoms with Gasteiger partial charge in [0, 0.05) is 12.2 Å². The highest BCUT2D eigenvalue weighted by Gasteiger charge is 2.02. The minimum atomic E-state index is -0.908. The second-order valence-electron chi connectivity index (χ2n) is 4.23. The summed E-state index contributed by atoms with van der Waals surface area (Å²) in [6, 6.07) is 15.0. The molecule has 2 rings (SSSR count). The van der Waals surface area contributed by atoms with Gasteiger partial charge in [-0.3, -0.25) is 0 Å². The van der Waals surface area contributed by atoms with Crippen LogP contribution in [0.5, 0.6) is 0 Å². The van der Waals surface area contributed by atoms with Crippen molar-refractivity contribution in [2.75, 3.05) is 5.32 Å². The van der Waals surface area contributed by atoms with Crippen LogP contribution in [0, 0.1) is 6.92 Å². The quantitative estimate of drug-likeness (QED) is 0.863. The third kappa shape index (κ3) is 3.10. The summed E-state index contributed by atoms with van der Waals surface area (Å²) < 4.78 is 0. The van der Waals surface area contributed by atoms with Crippen molar-refractivity contribution in [1.29, 1.82) is 0 Å². The van der Waals surface area contributed by atoms with Gasteiger partial charge in [-0.15, -0.1) is 0 Å². The van der Waals surface area contributed by atoms with Gasteiger partial charge in [-0.05, 0) is 30.7 Å². The molecular formula is C15H15NO2. The average Bonchev–Trinajstić information content (AvgIpc) is 2.37. The summed E-state index contributed by atoms with van der Waals surface area (Å²) in [6.07, 6.45) is 0. The molecule has 2 N–H and O–H groups in total. The van der Waals surface area contributed by atoms with Crippen LogP contribution in [0.15, 0.2) is 48.5 Å². The molecule has 0 aliphatic carbocycles. The molecule has 0 saturated heterocycles. The van der Waals surface area contributed by atoms with Gasteiger partial charge in [-0.2, -0.15) is 0 Å². The number of carboxylic acids is 1. The number of aryl methyl sites for hydroxylation is 1. The van der Waals surface area contributed by atoms with E-state index in [1.807, 2.05) is 18.2 Å². The van der Waals surface area contributed by atoms with Crippen LogP contribution in [0.4, 0.5) is 5.69 Å². The summed E-state index contributed by atoms with van der Waals surface area (Å²) in [5.74, 6) is -0.908. The Morgan fingerprint density at radius 3 is 2.67 bits per heavy atom. The highest BCUT2D eigenvalue weighted by Crippen LogP contribution is 2.12. The summed E-state index contributed by atoms with van der Waals surface area (Å²) in [6.45, 7) is 2.74. The molecule has 0 bridgehead atoms. The average molecular weight is 241 g/mol. The number of carboxylic acid groups (broad SMARTS) is 1. The first-order valence-electron chi connectivity index (χ1n) is 5.78. The molecule has 3 nitrogen and oxygen atoms in total. The van der Waals surface area contributed by atoms with Crippen molar-refractivity contribution in [3.8, 4) is 0 Å². The van der Waals surface area contributed by atoms with Crippen molar-refractivity contribution in [1.82, 2.24) is 0 Å². The molecule has 0 spiro atoms. The van der Waals surface area contributed by atoms with E-state index in [2.05, 4.69) is 24.4 Å². The van der Waals surface area contributed by atoms with Gasteiger partial charge in [0.2, 0.25) is 0 Å². The number of hydrogen-bond donors (Lipinski definition) is 2. The summed E-state index contributed by atoms with van der Waals surface area (Å²) in [5, 5.41) is 12.1. The lowest BCUT2D eigenvalue weighted by Gasteiger charge is -2.07. The van der Waals surface area contributed by atoms with E-state index in [0.717, 1.165) is 5.69 Å². The number of hydrogen-bond acceptors (Lipinski definition) is 2. The molecule has 2 aromatic rings. The van der Waals surface area contributed by atoms with Gasteiger partial charge in [0.15, 0.2) is 0 Å². The summed E-state index contributed by atoms with van der Waals surface area (Å²) in [4.78, 5) is 10.8. The zero-order chi connectivity index (χ0) is 13.0. The van der Waals surface area contributed by atoms with E-state index in [0.29, 0.717) is 12.1 Å². The molecule has 0 unspecified atom stereocenters. The van der Waals surface area contributed by atoms with Crippen molar-refractivity contribution < 1.29 is 9.90 Å². The maximum absolute atomic E-state index is 10.8. The first kappa shape index (κ1) is 12.2. The van der Waals surface area contributed by atoms with Gasteiger partial charge in [0.25, 0.3) is 0 Å². The van der Waals surface area contributed by atoms with Gasteiger partial charge >= 0.3 is 5.97 Å². The van der Waals surface area contributed by atoms with Crippen LogP contribution in [0.25, 0.3) is 0 Å². The maximum atomic E-state index is 10.8.